The molecule has 19 heavy (non-hydrogen) atoms. The molecular weight excluding hydrogens is 271 g/mol. The molecule has 2 rings (SSSR count). The second kappa shape index (κ2) is 5.62. The fourth-order valence-corrected chi connectivity index (χ4v) is 1.70. The van der Waals surface area contributed by atoms with Gasteiger partial charge in [0.25, 0.3) is 0 Å². The molecule has 1 aromatic heterocycles. The predicted molar refractivity (Wildman–Crippen MR) is 69.3 cm³/mol. The zero-order chi connectivity index (χ0) is 13.8. The van der Waals surface area contributed by atoms with Crippen LogP contribution in [0.3, 0.4) is 0 Å². The van der Waals surface area contributed by atoms with E-state index in [0.29, 0.717) is 11.1 Å². The SMILES string of the molecule is NC(=O)c1ccccc1CNc1nc(Cl)ncc1F. The number of hydrogen-bond donors (Lipinski definition) is 2. The van der Waals surface area contributed by atoms with E-state index < -0.39 is 11.7 Å². The molecule has 0 unspecified atom stereocenters. The minimum atomic E-state index is -0.624. The quantitative estimate of drug-likeness (QED) is 0.839. The number of carbonyl (C=O) groups is 1. The fraction of sp³-hybridized carbons (Fsp3) is 0.0833. The van der Waals surface area contributed by atoms with E-state index in [1.807, 2.05) is 0 Å². The molecule has 0 radical (unpaired) electrons. The number of nitrogens with zero attached hydrogens (tertiary/aromatic N) is 2. The first-order valence-corrected chi connectivity index (χ1v) is 5.75. The molecule has 5 nitrogen and oxygen atoms in total. The highest BCUT2D eigenvalue weighted by Crippen LogP contribution is 2.15. The molecule has 0 fully saturated rings. The molecule has 0 saturated carbocycles. The number of halogens is 2. The van der Waals surface area contributed by atoms with Gasteiger partial charge in [-0.25, -0.2) is 9.37 Å². The normalized spacial score (nSPS) is 10.2. The molecule has 0 saturated heterocycles. The molecule has 98 valence electrons. The van der Waals surface area contributed by atoms with E-state index in [1.54, 1.807) is 24.3 Å². The smallest absolute Gasteiger partial charge is 0.249 e. The van der Waals surface area contributed by atoms with Crippen LogP contribution in [-0.2, 0) is 6.54 Å². The lowest BCUT2D eigenvalue weighted by Crippen LogP contribution is -2.15. The van der Waals surface area contributed by atoms with Crippen molar-refractivity contribution in [2.75, 3.05) is 5.32 Å². The second-order valence-electron chi connectivity index (χ2n) is 3.71. The van der Waals surface area contributed by atoms with Crippen LogP contribution in [0, 0.1) is 5.82 Å². The highest BCUT2D eigenvalue weighted by molar-refractivity contribution is 6.28. The van der Waals surface area contributed by atoms with Crippen LogP contribution < -0.4 is 11.1 Å². The number of nitrogens with one attached hydrogen (secondary N) is 1. The van der Waals surface area contributed by atoms with E-state index in [4.69, 9.17) is 17.3 Å². The third kappa shape index (κ3) is 3.17. The van der Waals surface area contributed by atoms with Crippen LogP contribution in [0.1, 0.15) is 15.9 Å². The Morgan fingerprint density at radius 3 is 2.89 bits per heavy atom. The molecule has 7 heteroatoms. The molecule has 1 aromatic carbocycles. The van der Waals surface area contributed by atoms with Crippen LogP contribution in [0.2, 0.25) is 5.28 Å². The summed E-state index contributed by atoms with van der Waals surface area (Å²) in [5.74, 6) is -1.20. The Labute approximate surface area is 113 Å². The number of primary amides is 1. The Morgan fingerprint density at radius 2 is 2.16 bits per heavy atom. The number of rotatable bonds is 4. The van der Waals surface area contributed by atoms with Gasteiger partial charge in [0, 0.05) is 12.1 Å². The number of benzene rings is 1. The van der Waals surface area contributed by atoms with Crippen molar-refractivity contribution in [3.63, 3.8) is 0 Å². The van der Waals surface area contributed by atoms with Gasteiger partial charge >= 0.3 is 0 Å². The van der Waals surface area contributed by atoms with Crippen molar-refractivity contribution < 1.29 is 9.18 Å². The van der Waals surface area contributed by atoms with E-state index in [0.717, 1.165) is 6.20 Å². The van der Waals surface area contributed by atoms with Crippen LogP contribution in [-0.4, -0.2) is 15.9 Å². The van der Waals surface area contributed by atoms with Gasteiger partial charge in [-0.3, -0.25) is 4.79 Å². The lowest BCUT2D eigenvalue weighted by Gasteiger charge is -2.09. The van der Waals surface area contributed by atoms with E-state index in [2.05, 4.69) is 15.3 Å². The topological polar surface area (TPSA) is 80.9 Å². The summed E-state index contributed by atoms with van der Waals surface area (Å²) in [4.78, 5) is 18.4. The molecule has 0 aliphatic carbocycles. The Hall–Kier alpha value is -2.21. The minimum Gasteiger partial charge on any atom is -0.366 e. The largest absolute Gasteiger partial charge is 0.366 e. The van der Waals surface area contributed by atoms with Gasteiger partial charge in [-0.15, -0.1) is 0 Å². The van der Waals surface area contributed by atoms with Gasteiger partial charge in [-0.2, -0.15) is 4.98 Å². The van der Waals surface area contributed by atoms with Gasteiger partial charge in [0.2, 0.25) is 11.2 Å². The maximum Gasteiger partial charge on any atom is 0.249 e. The molecule has 0 bridgehead atoms. The van der Waals surface area contributed by atoms with Gasteiger partial charge in [0.1, 0.15) is 0 Å². The Kier molecular flexibility index (Phi) is 3.91. The first kappa shape index (κ1) is 13.2. The van der Waals surface area contributed by atoms with Gasteiger partial charge < -0.3 is 11.1 Å². The lowest BCUT2D eigenvalue weighted by atomic mass is 10.1. The highest BCUT2D eigenvalue weighted by Gasteiger charge is 2.09. The molecular formula is C12H10ClFN4O. The number of anilines is 1. The molecule has 0 spiro atoms. The molecule has 1 amide bonds. The third-order valence-electron chi connectivity index (χ3n) is 2.44. The van der Waals surface area contributed by atoms with Crippen LogP contribution >= 0.6 is 11.6 Å². The van der Waals surface area contributed by atoms with Gasteiger partial charge in [0.05, 0.1) is 6.20 Å². The average Bonchev–Trinajstić information content (AvgIpc) is 2.40. The zero-order valence-corrected chi connectivity index (χ0v) is 10.5. The number of hydrogen-bond acceptors (Lipinski definition) is 4. The van der Waals surface area contributed by atoms with Crippen LogP contribution in [0.5, 0.6) is 0 Å². The number of carbonyl (C=O) groups excluding carboxylic acids is 1. The molecule has 3 N–H and O–H groups in total. The third-order valence-corrected chi connectivity index (χ3v) is 2.63. The second-order valence-corrected chi connectivity index (χ2v) is 4.05. The average molecular weight is 281 g/mol. The maximum absolute atomic E-state index is 13.4. The van der Waals surface area contributed by atoms with Crippen molar-refractivity contribution in [2.45, 2.75) is 6.54 Å². The molecule has 2 aromatic rings. The zero-order valence-electron chi connectivity index (χ0n) is 9.73. The van der Waals surface area contributed by atoms with Crippen molar-refractivity contribution in [2.24, 2.45) is 5.73 Å². The molecule has 0 aliphatic rings. The molecule has 0 aliphatic heterocycles. The number of aromatic nitrogens is 2. The summed E-state index contributed by atoms with van der Waals surface area (Å²) in [6.45, 7) is 0.198. The summed E-state index contributed by atoms with van der Waals surface area (Å²) >= 11 is 5.58. The van der Waals surface area contributed by atoms with Crippen molar-refractivity contribution in [3.8, 4) is 0 Å². The Bertz CT molecular complexity index is 620. The van der Waals surface area contributed by atoms with Crippen molar-refractivity contribution >= 4 is 23.3 Å². The van der Waals surface area contributed by atoms with Crippen LogP contribution in [0.15, 0.2) is 30.5 Å². The van der Waals surface area contributed by atoms with E-state index in [9.17, 15) is 9.18 Å². The van der Waals surface area contributed by atoms with E-state index >= 15 is 0 Å². The van der Waals surface area contributed by atoms with Gasteiger partial charge in [-0.05, 0) is 23.2 Å². The first-order valence-electron chi connectivity index (χ1n) is 5.37. The van der Waals surface area contributed by atoms with Crippen LogP contribution in [0.25, 0.3) is 0 Å². The summed E-state index contributed by atoms with van der Waals surface area (Å²) < 4.78 is 13.4. The summed E-state index contributed by atoms with van der Waals surface area (Å²) in [6.07, 6.45) is 0.970. The number of nitrogens with two attached hydrogens (primary N) is 1. The summed E-state index contributed by atoms with van der Waals surface area (Å²) in [5, 5.41) is 2.68. The minimum absolute atomic E-state index is 0.0285. The Morgan fingerprint density at radius 1 is 1.42 bits per heavy atom. The summed E-state index contributed by atoms with van der Waals surface area (Å²) in [5.41, 5.74) is 6.26. The fourth-order valence-electron chi connectivity index (χ4n) is 1.56. The van der Waals surface area contributed by atoms with Crippen molar-refractivity contribution in [3.05, 3.63) is 52.7 Å². The number of amides is 1. The van der Waals surface area contributed by atoms with Gasteiger partial charge in [-0.1, -0.05) is 18.2 Å². The van der Waals surface area contributed by atoms with Crippen molar-refractivity contribution in [1.29, 1.82) is 0 Å². The summed E-state index contributed by atoms with van der Waals surface area (Å²) in [6, 6.07) is 6.77. The predicted octanol–water partition coefficient (Wildman–Crippen LogP) is 1.98. The monoisotopic (exact) mass is 280 g/mol. The lowest BCUT2D eigenvalue weighted by molar-refractivity contribution is 0.0999. The Balaban J connectivity index is 2.19. The molecule has 1 heterocycles. The van der Waals surface area contributed by atoms with Crippen molar-refractivity contribution in [1.82, 2.24) is 9.97 Å². The molecule has 0 atom stereocenters. The van der Waals surface area contributed by atoms with Crippen LogP contribution in [0.4, 0.5) is 10.2 Å². The van der Waals surface area contributed by atoms with E-state index in [1.165, 1.54) is 0 Å². The highest BCUT2D eigenvalue weighted by atomic mass is 35.5. The van der Waals surface area contributed by atoms with E-state index in [-0.39, 0.29) is 17.6 Å². The maximum atomic E-state index is 13.4. The standard InChI is InChI=1S/C12H10ClFN4O/c13-12-17-6-9(14)11(18-12)16-5-7-3-1-2-4-8(7)10(15)19/h1-4,6H,5H2,(H2,15,19)(H,16,17,18). The van der Waals surface area contributed by atoms with Gasteiger partial charge in [0.15, 0.2) is 11.6 Å². The first-order chi connectivity index (χ1) is 9.08. The summed E-state index contributed by atoms with van der Waals surface area (Å²) in [7, 11) is 0.